The number of rotatable bonds is 4. The molecule has 1 aliphatic heterocycles. The second-order valence-corrected chi connectivity index (χ2v) is 5.86. The summed E-state index contributed by atoms with van der Waals surface area (Å²) in [6.07, 6.45) is 1.90. The summed E-state index contributed by atoms with van der Waals surface area (Å²) in [5, 5.41) is 0. The van der Waals surface area contributed by atoms with E-state index in [9.17, 15) is 4.79 Å². The molecule has 0 aliphatic carbocycles. The molecule has 3 rings (SSSR count). The Hall–Kier alpha value is -2.20. The van der Waals surface area contributed by atoms with Gasteiger partial charge in [0.15, 0.2) is 11.5 Å². The van der Waals surface area contributed by atoms with Crippen LogP contribution in [0.15, 0.2) is 52.3 Å². The third-order valence-corrected chi connectivity index (χ3v) is 4.46. The lowest BCUT2D eigenvalue weighted by Crippen LogP contribution is -1.96. The first-order chi connectivity index (χ1) is 10.7. The van der Waals surface area contributed by atoms with Gasteiger partial charge in [-0.2, -0.15) is 0 Å². The first-order valence-corrected chi connectivity index (χ1v) is 7.88. The van der Waals surface area contributed by atoms with Crippen LogP contribution in [0.2, 0.25) is 0 Å². The number of fused-ring (bicyclic) bond motifs is 1. The summed E-state index contributed by atoms with van der Waals surface area (Å²) in [5.41, 5.74) is 1.70. The fourth-order valence-electron chi connectivity index (χ4n) is 2.34. The topological polar surface area (TPSA) is 35.5 Å². The third-order valence-electron chi connectivity index (χ3n) is 3.36. The molecule has 2 aromatic carbocycles. The molecule has 3 nitrogen and oxygen atoms in total. The summed E-state index contributed by atoms with van der Waals surface area (Å²) in [7, 11) is 1.61. The molecule has 0 radical (unpaired) electrons. The number of benzene rings is 2. The molecule has 0 saturated carbocycles. The maximum absolute atomic E-state index is 12.4. The predicted molar refractivity (Wildman–Crippen MR) is 88.8 cm³/mol. The Balaban J connectivity index is 1.93. The van der Waals surface area contributed by atoms with Crippen molar-refractivity contribution in [1.29, 1.82) is 0 Å². The molecule has 0 saturated heterocycles. The lowest BCUT2D eigenvalue weighted by Gasteiger charge is -2.09. The van der Waals surface area contributed by atoms with Crippen molar-refractivity contribution in [2.75, 3.05) is 13.7 Å². The standard InChI is InChI=1S/C18H16O3S/c1-3-21-15-10-12(8-9-14(15)20-2)11-17-18(19)13-6-4-5-7-16(13)22-17/h4-11H,3H2,1-2H3/b17-11-. The van der Waals surface area contributed by atoms with E-state index in [2.05, 4.69) is 0 Å². The van der Waals surface area contributed by atoms with Crippen LogP contribution in [-0.4, -0.2) is 19.5 Å². The average molecular weight is 312 g/mol. The van der Waals surface area contributed by atoms with Crippen LogP contribution in [-0.2, 0) is 0 Å². The molecule has 2 aromatic rings. The molecule has 0 N–H and O–H groups in total. The number of hydrogen-bond acceptors (Lipinski definition) is 4. The molecular weight excluding hydrogens is 296 g/mol. The zero-order valence-electron chi connectivity index (χ0n) is 12.5. The minimum absolute atomic E-state index is 0.0781. The van der Waals surface area contributed by atoms with E-state index in [0.29, 0.717) is 18.1 Å². The van der Waals surface area contributed by atoms with E-state index >= 15 is 0 Å². The minimum Gasteiger partial charge on any atom is -0.493 e. The van der Waals surface area contributed by atoms with Gasteiger partial charge in [0.1, 0.15) is 0 Å². The first-order valence-electron chi connectivity index (χ1n) is 7.07. The first kappa shape index (κ1) is 14.7. The van der Waals surface area contributed by atoms with Crippen molar-refractivity contribution in [1.82, 2.24) is 0 Å². The quantitative estimate of drug-likeness (QED) is 0.783. The van der Waals surface area contributed by atoms with Gasteiger partial charge >= 0.3 is 0 Å². The molecular formula is C18H16O3S. The Morgan fingerprint density at radius 1 is 1.14 bits per heavy atom. The van der Waals surface area contributed by atoms with E-state index in [0.717, 1.165) is 20.9 Å². The fourth-order valence-corrected chi connectivity index (χ4v) is 3.39. The lowest BCUT2D eigenvalue weighted by molar-refractivity contribution is 0.104. The number of allylic oxidation sites excluding steroid dienone is 1. The summed E-state index contributed by atoms with van der Waals surface area (Å²) in [4.78, 5) is 14.1. The lowest BCUT2D eigenvalue weighted by atomic mass is 10.1. The predicted octanol–water partition coefficient (Wildman–Crippen LogP) is 4.42. The summed E-state index contributed by atoms with van der Waals surface area (Å²) < 4.78 is 10.9. The highest BCUT2D eigenvalue weighted by atomic mass is 32.2. The molecule has 4 heteroatoms. The van der Waals surface area contributed by atoms with Crippen molar-refractivity contribution < 1.29 is 14.3 Å². The van der Waals surface area contributed by atoms with Gasteiger partial charge in [-0.3, -0.25) is 4.79 Å². The Morgan fingerprint density at radius 3 is 2.68 bits per heavy atom. The van der Waals surface area contributed by atoms with E-state index < -0.39 is 0 Å². The molecule has 0 spiro atoms. The van der Waals surface area contributed by atoms with Gasteiger partial charge in [-0.05, 0) is 42.8 Å². The van der Waals surface area contributed by atoms with Crippen LogP contribution in [0.1, 0.15) is 22.8 Å². The smallest absolute Gasteiger partial charge is 0.200 e. The summed E-state index contributed by atoms with van der Waals surface area (Å²) >= 11 is 1.51. The highest BCUT2D eigenvalue weighted by Crippen LogP contribution is 2.41. The third kappa shape index (κ3) is 2.74. The summed E-state index contributed by atoms with van der Waals surface area (Å²) in [5.74, 6) is 1.46. The van der Waals surface area contributed by atoms with Crippen molar-refractivity contribution in [2.45, 2.75) is 11.8 Å². The van der Waals surface area contributed by atoms with Crippen LogP contribution in [0.3, 0.4) is 0 Å². The van der Waals surface area contributed by atoms with Crippen molar-refractivity contribution in [3.8, 4) is 11.5 Å². The van der Waals surface area contributed by atoms with Crippen LogP contribution in [0.5, 0.6) is 11.5 Å². The van der Waals surface area contributed by atoms with Gasteiger partial charge in [0.2, 0.25) is 5.78 Å². The molecule has 0 fully saturated rings. The zero-order valence-corrected chi connectivity index (χ0v) is 13.3. The van der Waals surface area contributed by atoms with Gasteiger partial charge in [0, 0.05) is 10.5 Å². The second kappa shape index (κ2) is 6.28. The van der Waals surface area contributed by atoms with Gasteiger partial charge in [-0.15, -0.1) is 0 Å². The number of ether oxygens (including phenoxy) is 2. The van der Waals surface area contributed by atoms with E-state index in [1.54, 1.807) is 7.11 Å². The number of carbonyl (C=O) groups is 1. The van der Waals surface area contributed by atoms with Crippen molar-refractivity contribution >= 4 is 23.6 Å². The van der Waals surface area contributed by atoms with Gasteiger partial charge in [-0.1, -0.05) is 30.0 Å². The molecule has 1 aliphatic rings. The van der Waals surface area contributed by atoms with Gasteiger partial charge < -0.3 is 9.47 Å². The maximum Gasteiger partial charge on any atom is 0.200 e. The number of hydrogen-bond donors (Lipinski definition) is 0. The normalized spacial score (nSPS) is 15.0. The van der Waals surface area contributed by atoms with E-state index in [1.807, 2.05) is 55.5 Å². The molecule has 0 aromatic heterocycles. The second-order valence-electron chi connectivity index (χ2n) is 4.78. The average Bonchev–Trinajstić information content (AvgIpc) is 2.85. The van der Waals surface area contributed by atoms with Crippen molar-refractivity contribution in [2.24, 2.45) is 0 Å². The number of Topliss-reactive ketones (excluding diaryl/α,β-unsaturated/α-hetero) is 1. The van der Waals surface area contributed by atoms with E-state index in [-0.39, 0.29) is 5.78 Å². The van der Waals surface area contributed by atoms with Crippen LogP contribution in [0.4, 0.5) is 0 Å². The highest BCUT2D eigenvalue weighted by molar-refractivity contribution is 8.04. The largest absolute Gasteiger partial charge is 0.493 e. The number of carbonyl (C=O) groups excluding carboxylic acids is 1. The van der Waals surface area contributed by atoms with Gasteiger partial charge in [0.25, 0.3) is 0 Å². The van der Waals surface area contributed by atoms with E-state index in [4.69, 9.17) is 9.47 Å². The SMILES string of the molecule is CCOc1cc(/C=C2\Sc3ccccc3C2=O)ccc1OC. The van der Waals surface area contributed by atoms with Crippen LogP contribution in [0, 0.1) is 0 Å². The van der Waals surface area contributed by atoms with Crippen molar-refractivity contribution in [3.63, 3.8) is 0 Å². The molecule has 1 heterocycles. The van der Waals surface area contributed by atoms with Gasteiger partial charge in [-0.25, -0.2) is 0 Å². The fraction of sp³-hybridized carbons (Fsp3) is 0.167. The Labute approximate surface area is 133 Å². The Bertz CT molecular complexity index is 750. The van der Waals surface area contributed by atoms with E-state index in [1.165, 1.54) is 11.8 Å². The molecule has 0 amide bonds. The molecule has 0 atom stereocenters. The Morgan fingerprint density at radius 2 is 1.95 bits per heavy atom. The number of methoxy groups -OCH3 is 1. The molecule has 112 valence electrons. The highest BCUT2D eigenvalue weighted by Gasteiger charge is 2.25. The molecule has 0 unspecified atom stereocenters. The summed E-state index contributed by atoms with van der Waals surface area (Å²) in [6, 6.07) is 13.3. The molecule has 22 heavy (non-hydrogen) atoms. The molecule has 0 bridgehead atoms. The minimum atomic E-state index is 0.0781. The Kier molecular flexibility index (Phi) is 4.20. The van der Waals surface area contributed by atoms with Gasteiger partial charge in [0.05, 0.1) is 18.6 Å². The number of thioether (sulfide) groups is 1. The van der Waals surface area contributed by atoms with Crippen LogP contribution in [0.25, 0.3) is 6.08 Å². The monoisotopic (exact) mass is 312 g/mol. The van der Waals surface area contributed by atoms with Crippen molar-refractivity contribution in [3.05, 3.63) is 58.5 Å². The van der Waals surface area contributed by atoms with Crippen LogP contribution >= 0.6 is 11.8 Å². The van der Waals surface area contributed by atoms with Crippen LogP contribution < -0.4 is 9.47 Å². The number of ketones is 1. The summed E-state index contributed by atoms with van der Waals surface area (Å²) in [6.45, 7) is 2.49. The zero-order chi connectivity index (χ0) is 15.5. The maximum atomic E-state index is 12.4.